The summed E-state index contributed by atoms with van der Waals surface area (Å²) in [5.41, 5.74) is 6.74. The van der Waals surface area contributed by atoms with Crippen LogP contribution in [0.15, 0.2) is 36.5 Å². The van der Waals surface area contributed by atoms with Crippen molar-refractivity contribution in [3.63, 3.8) is 0 Å². The average molecular weight is 283 g/mol. The van der Waals surface area contributed by atoms with Gasteiger partial charge in [-0.25, -0.2) is 4.98 Å². The van der Waals surface area contributed by atoms with Crippen LogP contribution in [0.5, 0.6) is 11.6 Å². The molecular weight excluding hydrogens is 271 g/mol. The number of aromatic nitrogens is 1. The van der Waals surface area contributed by atoms with Crippen molar-refractivity contribution >= 4 is 23.2 Å². The van der Waals surface area contributed by atoms with Crippen LogP contribution in [-0.4, -0.2) is 4.98 Å². The minimum absolute atomic E-state index is 0.0785. The van der Waals surface area contributed by atoms with E-state index in [1.54, 1.807) is 30.5 Å². The molecule has 0 aliphatic rings. The Hall–Kier alpha value is -1.29. The highest BCUT2D eigenvalue weighted by molar-refractivity contribution is 6.34. The van der Waals surface area contributed by atoms with Crippen LogP contribution in [0.1, 0.15) is 18.5 Å². The average Bonchev–Trinajstić information content (AvgIpc) is 2.34. The predicted octanol–water partition coefficient (Wildman–Crippen LogP) is 4.20. The molecule has 0 radical (unpaired) electrons. The Labute approximate surface area is 115 Å². The highest BCUT2D eigenvalue weighted by atomic mass is 35.5. The predicted molar refractivity (Wildman–Crippen MR) is 73.4 cm³/mol. The number of hydrogen-bond acceptors (Lipinski definition) is 3. The molecule has 1 aromatic heterocycles. The molecule has 3 nitrogen and oxygen atoms in total. The summed E-state index contributed by atoms with van der Waals surface area (Å²) < 4.78 is 5.60. The minimum Gasteiger partial charge on any atom is -0.437 e. The number of rotatable bonds is 3. The van der Waals surface area contributed by atoms with Crippen molar-refractivity contribution in [2.45, 2.75) is 13.0 Å². The van der Waals surface area contributed by atoms with Crippen molar-refractivity contribution in [1.29, 1.82) is 0 Å². The van der Waals surface area contributed by atoms with Gasteiger partial charge < -0.3 is 10.5 Å². The summed E-state index contributed by atoms with van der Waals surface area (Å²) in [6.07, 6.45) is 1.65. The van der Waals surface area contributed by atoms with Gasteiger partial charge in [-0.05, 0) is 30.7 Å². The van der Waals surface area contributed by atoms with E-state index >= 15 is 0 Å². The van der Waals surface area contributed by atoms with Gasteiger partial charge in [-0.1, -0.05) is 23.2 Å². The van der Waals surface area contributed by atoms with Gasteiger partial charge in [0.15, 0.2) is 0 Å². The van der Waals surface area contributed by atoms with Crippen LogP contribution in [0.4, 0.5) is 0 Å². The van der Waals surface area contributed by atoms with Crippen molar-refractivity contribution < 1.29 is 4.74 Å². The van der Waals surface area contributed by atoms with Crippen molar-refractivity contribution in [3.05, 3.63) is 52.1 Å². The summed E-state index contributed by atoms with van der Waals surface area (Å²) in [4.78, 5) is 4.11. The zero-order valence-corrected chi connectivity index (χ0v) is 11.2. The van der Waals surface area contributed by atoms with Crippen molar-refractivity contribution in [2.24, 2.45) is 5.73 Å². The zero-order valence-electron chi connectivity index (χ0n) is 9.73. The fourth-order valence-corrected chi connectivity index (χ4v) is 1.75. The lowest BCUT2D eigenvalue weighted by Crippen LogP contribution is -2.05. The summed E-state index contributed by atoms with van der Waals surface area (Å²) in [6.45, 7) is 1.89. The third-order valence-electron chi connectivity index (χ3n) is 2.39. The fraction of sp³-hybridized carbons (Fsp3) is 0.154. The molecule has 2 N–H and O–H groups in total. The number of ether oxygens (including phenoxy) is 1. The van der Waals surface area contributed by atoms with Gasteiger partial charge in [0.2, 0.25) is 5.88 Å². The van der Waals surface area contributed by atoms with Gasteiger partial charge in [-0.15, -0.1) is 0 Å². The molecule has 1 heterocycles. The Morgan fingerprint density at radius 1 is 1.22 bits per heavy atom. The van der Waals surface area contributed by atoms with Gasteiger partial charge >= 0.3 is 0 Å². The van der Waals surface area contributed by atoms with E-state index in [-0.39, 0.29) is 6.04 Å². The van der Waals surface area contributed by atoms with Crippen LogP contribution in [0.2, 0.25) is 10.0 Å². The maximum Gasteiger partial charge on any atom is 0.219 e. The first kappa shape index (κ1) is 13.1. The molecule has 2 aromatic rings. The summed E-state index contributed by atoms with van der Waals surface area (Å²) in [6, 6.07) is 8.56. The standard InChI is InChI=1S/C13H12Cl2N2O/c1-8(16)9-4-5-17-13(6-9)18-12-7-10(14)2-3-11(12)15/h2-8H,16H2,1H3. The fourth-order valence-electron chi connectivity index (χ4n) is 1.43. The van der Waals surface area contributed by atoms with Crippen LogP contribution < -0.4 is 10.5 Å². The minimum atomic E-state index is -0.0785. The molecular formula is C13H12Cl2N2O. The second-order valence-corrected chi connectivity index (χ2v) is 4.74. The Morgan fingerprint density at radius 3 is 2.72 bits per heavy atom. The van der Waals surface area contributed by atoms with E-state index in [0.29, 0.717) is 21.7 Å². The highest BCUT2D eigenvalue weighted by Gasteiger charge is 2.07. The van der Waals surface area contributed by atoms with E-state index in [0.717, 1.165) is 5.56 Å². The molecule has 0 amide bonds. The molecule has 5 heteroatoms. The molecule has 0 saturated carbocycles. The second-order valence-electron chi connectivity index (χ2n) is 3.89. The first-order valence-electron chi connectivity index (χ1n) is 5.40. The summed E-state index contributed by atoms with van der Waals surface area (Å²) in [7, 11) is 0. The maximum absolute atomic E-state index is 6.01. The van der Waals surface area contributed by atoms with E-state index < -0.39 is 0 Å². The number of pyridine rings is 1. The van der Waals surface area contributed by atoms with Gasteiger partial charge in [0.1, 0.15) is 5.75 Å². The Bertz CT molecular complexity index is 558. The van der Waals surface area contributed by atoms with E-state index in [4.69, 9.17) is 33.7 Å². The third-order valence-corrected chi connectivity index (χ3v) is 2.94. The number of hydrogen-bond donors (Lipinski definition) is 1. The highest BCUT2D eigenvalue weighted by Crippen LogP contribution is 2.31. The molecule has 2 rings (SSSR count). The van der Waals surface area contributed by atoms with Gasteiger partial charge in [0, 0.05) is 29.4 Å². The summed E-state index contributed by atoms with van der Waals surface area (Å²) in [5.74, 6) is 0.910. The monoisotopic (exact) mass is 282 g/mol. The van der Waals surface area contributed by atoms with Crippen LogP contribution in [0.25, 0.3) is 0 Å². The molecule has 1 unspecified atom stereocenters. The van der Waals surface area contributed by atoms with Crippen LogP contribution >= 0.6 is 23.2 Å². The molecule has 0 fully saturated rings. The molecule has 0 spiro atoms. The molecule has 1 atom stereocenters. The van der Waals surface area contributed by atoms with Crippen molar-refractivity contribution in [2.75, 3.05) is 0 Å². The van der Waals surface area contributed by atoms with E-state index in [1.807, 2.05) is 13.0 Å². The van der Waals surface area contributed by atoms with Crippen molar-refractivity contribution in [1.82, 2.24) is 4.98 Å². The smallest absolute Gasteiger partial charge is 0.219 e. The quantitative estimate of drug-likeness (QED) is 0.918. The SMILES string of the molecule is CC(N)c1ccnc(Oc2cc(Cl)ccc2Cl)c1. The van der Waals surface area contributed by atoms with Gasteiger partial charge in [0.05, 0.1) is 5.02 Å². The molecule has 0 saturated heterocycles. The Kier molecular flexibility index (Phi) is 4.07. The Morgan fingerprint density at radius 2 is 2.00 bits per heavy atom. The molecule has 0 aliphatic heterocycles. The maximum atomic E-state index is 6.01. The van der Waals surface area contributed by atoms with Crippen LogP contribution in [0.3, 0.4) is 0 Å². The molecule has 0 aliphatic carbocycles. The second kappa shape index (κ2) is 5.57. The first-order chi connectivity index (χ1) is 8.56. The number of nitrogens with zero attached hydrogens (tertiary/aromatic N) is 1. The van der Waals surface area contributed by atoms with Gasteiger partial charge in [-0.2, -0.15) is 0 Å². The normalized spacial score (nSPS) is 12.2. The largest absolute Gasteiger partial charge is 0.437 e. The molecule has 18 heavy (non-hydrogen) atoms. The Balaban J connectivity index is 2.28. The summed E-state index contributed by atoms with van der Waals surface area (Å²) in [5, 5.41) is 1.03. The van der Waals surface area contributed by atoms with Crippen LogP contribution in [0, 0.1) is 0 Å². The first-order valence-corrected chi connectivity index (χ1v) is 6.16. The van der Waals surface area contributed by atoms with E-state index in [9.17, 15) is 0 Å². The lowest BCUT2D eigenvalue weighted by atomic mass is 10.1. The van der Waals surface area contributed by atoms with Gasteiger partial charge in [-0.3, -0.25) is 0 Å². The van der Waals surface area contributed by atoms with Crippen LogP contribution in [-0.2, 0) is 0 Å². The topological polar surface area (TPSA) is 48.1 Å². The third kappa shape index (κ3) is 3.13. The molecule has 0 bridgehead atoms. The lowest BCUT2D eigenvalue weighted by Gasteiger charge is -2.09. The number of halogens is 2. The zero-order chi connectivity index (χ0) is 13.1. The molecule has 94 valence electrons. The van der Waals surface area contributed by atoms with E-state index in [1.165, 1.54) is 0 Å². The van der Waals surface area contributed by atoms with E-state index in [2.05, 4.69) is 4.98 Å². The van der Waals surface area contributed by atoms with Gasteiger partial charge in [0.25, 0.3) is 0 Å². The number of nitrogens with two attached hydrogens (primary N) is 1. The lowest BCUT2D eigenvalue weighted by molar-refractivity contribution is 0.462. The summed E-state index contributed by atoms with van der Waals surface area (Å²) >= 11 is 11.9. The molecule has 1 aromatic carbocycles. The number of benzene rings is 1. The van der Waals surface area contributed by atoms with Crippen molar-refractivity contribution in [3.8, 4) is 11.6 Å².